The highest BCUT2D eigenvalue weighted by molar-refractivity contribution is 7.07. The van der Waals surface area contributed by atoms with Crippen LogP contribution in [0.2, 0.25) is 0 Å². The molecule has 4 nitrogen and oxygen atoms in total. The Morgan fingerprint density at radius 2 is 2.04 bits per heavy atom. The Balaban J connectivity index is 1.68. The molecule has 0 fully saturated rings. The number of carbonyl (C=O) groups is 1. The zero-order valence-corrected chi connectivity index (χ0v) is 17.6. The molecule has 0 saturated heterocycles. The zero-order chi connectivity index (χ0) is 19.5. The number of ether oxygens (including phenoxy) is 1. The van der Waals surface area contributed by atoms with Crippen molar-refractivity contribution in [2.45, 2.75) is 46.1 Å². The summed E-state index contributed by atoms with van der Waals surface area (Å²) in [6, 6.07) is 10.5. The summed E-state index contributed by atoms with van der Waals surface area (Å²) >= 11 is 1.71. The smallest absolute Gasteiger partial charge is 0.220 e. The van der Waals surface area contributed by atoms with E-state index in [9.17, 15) is 4.79 Å². The first-order valence-electron chi connectivity index (χ1n) is 9.86. The molecule has 1 N–H and O–H groups in total. The van der Waals surface area contributed by atoms with Gasteiger partial charge in [0, 0.05) is 13.0 Å². The second kappa shape index (κ2) is 11.8. The first-order chi connectivity index (χ1) is 13.1. The maximum Gasteiger partial charge on any atom is 0.220 e. The molecule has 0 spiro atoms. The van der Waals surface area contributed by atoms with E-state index in [4.69, 9.17) is 4.74 Å². The van der Waals surface area contributed by atoms with Crippen molar-refractivity contribution in [2.24, 2.45) is 0 Å². The molecule has 1 aromatic heterocycles. The Morgan fingerprint density at radius 1 is 1.22 bits per heavy atom. The van der Waals surface area contributed by atoms with Crippen LogP contribution in [0.15, 0.2) is 41.1 Å². The van der Waals surface area contributed by atoms with E-state index in [1.54, 1.807) is 11.3 Å². The Hall–Kier alpha value is -1.85. The van der Waals surface area contributed by atoms with Gasteiger partial charge in [0.1, 0.15) is 5.75 Å². The lowest BCUT2D eigenvalue weighted by atomic mass is 10.1. The minimum absolute atomic E-state index is 0.123. The molecule has 0 aliphatic heterocycles. The normalized spacial score (nSPS) is 12.1. The third-order valence-electron chi connectivity index (χ3n) is 4.73. The summed E-state index contributed by atoms with van der Waals surface area (Å²) in [4.78, 5) is 14.6. The number of nitrogens with zero attached hydrogens (tertiary/aromatic N) is 1. The second-order valence-electron chi connectivity index (χ2n) is 6.72. The lowest BCUT2D eigenvalue weighted by Crippen LogP contribution is -2.37. The van der Waals surface area contributed by atoms with E-state index in [-0.39, 0.29) is 11.9 Å². The molecule has 1 heterocycles. The van der Waals surface area contributed by atoms with Crippen molar-refractivity contribution in [2.75, 3.05) is 26.2 Å². The monoisotopic (exact) mass is 388 g/mol. The topological polar surface area (TPSA) is 41.6 Å². The molecule has 2 rings (SSSR count). The van der Waals surface area contributed by atoms with Gasteiger partial charge in [0.15, 0.2) is 0 Å². The molecule has 0 bridgehead atoms. The van der Waals surface area contributed by atoms with Gasteiger partial charge in [-0.25, -0.2) is 0 Å². The highest BCUT2D eigenvalue weighted by Gasteiger charge is 2.19. The molecule has 2 aromatic rings. The average Bonchev–Trinajstić information content (AvgIpc) is 3.19. The molecule has 1 amide bonds. The van der Waals surface area contributed by atoms with Crippen LogP contribution in [-0.4, -0.2) is 37.0 Å². The molecule has 0 aliphatic rings. The molecule has 27 heavy (non-hydrogen) atoms. The van der Waals surface area contributed by atoms with Crippen LogP contribution in [0.5, 0.6) is 5.75 Å². The number of benzene rings is 1. The van der Waals surface area contributed by atoms with E-state index in [1.807, 2.05) is 18.2 Å². The van der Waals surface area contributed by atoms with Gasteiger partial charge in [0.2, 0.25) is 5.91 Å². The number of aryl methyl sites for hydroxylation is 1. The highest BCUT2D eigenvalue weighted by Crippen LogP contribution is 2.22. The number of unbranched alkanes of at least 4 members (excludes halogenated alkanes) is 1. The summed E-state index contributed by atoms with van der Waals surface area (Å²) in [6.45, 7) is 9.65. The van der Waals surface area contributed by atoms with E-state index in [0.717, 1.165) is 31.7 Å². The number of rotatable bonds is 12. The molecule has 0 aliphatic carbocycles. The molecule has 148 valence electrons. The van der Waals surface area contributed by atoms with E-state index in [1.165, 1.54) is 11.1 Å². The Bertz CT molecular complexity index is 669. The van der Waals surface area contributed by atoms with Crippen LogP contribution in [0.25, 0.3) is 0 Å². The van der Waals surface area contributed by atoms with Crippen LogP contribution in [0.4, 0.5) is 0 Å². The summed E-state index contributed by atoms with van der Waals surface area (Å²) < 4.78 is 5.74. The minimum atomic E-state index is 0.123. The predicted octanol–water partition coefficient (Wildman–Crippen LogP) is 4.80. The summed E-state index contributed by atoms with van der Waals surface area (Å²) in [7, 11) is 0. The molecule has 5 heteroatoms. The van der Waals surface area contributed by atoms with Crippen molar-refractivity contribution in [3.8, 4) is 5.75 Å². The molecular formula is C22H32N2O2S. The molecular weight excluding hydrogens is 356 g/mol. The minimum Gasteiger partial charge on any atom is -0.494 e. The molecule has 0 radical (unpaired) electrons. The summed E-state index contributed by atoms with van der Waals surface area (Å²) in [6.07, 6.45) is 2.27. The van der Waals surface area contributed by atoms with E-state index in [2.05, 4.69) is 53.9 Å². The van der Waals surface area contributed by atoms with Gasteiger partial charge < -0.3 is 10.1 Å². The molecule has 1 aromatic carbocycles. The second-order valence-corrected chi connectivity index (χ2v) is 7.50. The fourth-order valence-electron chi connectivity index (χ4n) is 3.17. The standard InChI is InChI=1S/C22H32N2O2S/c1-4-24(5-2)21(19-12-14-27-17-19)16-23-22(25)11-6-7-13-26-20-10-8-9-18(3)15-20/h8-10,12,14-15,17,21H,4-7,11,13,16H2,1-3H3,(H,23,25). The van der Waals surface area contributed by atoms with Gasteiger partial charge in [-0.05, 0) is 72.9 Å². The van der Waals surface area contributed by atoms with Gasteiger partial charge in [-0.2, -0.15) is 11.3 Å². The fourth-order valence-corrected chi connectivity index (χ4v) is 3.88. The van der Waals surface area contributed by atoms with Crippen molar-refractivity contribution < 1.29 is 9.53 Å². The number of carbonyl (C=O) groups excluding carboxylic acids is 1. The van der Waals surface area contributed by atoms with E-state index >= 15 is 0 Å². The molecule has 1 unspecified atom stereocenters. The van der Waals surface area contributed by atoms with Gasteiger partial charge in [-0.1, -0.05) is 26.0 Å². The van der Waals surface area contributed by atoms with Crippen LogP contribution in [-0.2, 0) is 4.79 Å². The maximum atomic E-state index is 12.2. The van der Waals surface area contributed by atoms with Crippen LogP contribution in [0.1, 0.15) is 50.3 Å². The number of likely N-dealkylation sites (N-methyl/N-ethyl adjacent to an activating group) is 1. The van der Waals surface area contributed by atoms with Crippen molar-refractivity contribution in [3.63, 3.8) is 0 Å². The Morgan fingerprint density at radius 3 is 2.70 bits per heavy atom. The van der Waals surface area contributed by atoms with Crippen LogP contribution in [0.3, 0.4) is 0 Å². The van der Waals surface area contributed by atoms with Crippen molar-refractivity contribution >= 4 is 17.2 Å². The Labute approximate surface area is 167 Å². The van der Waals surface area contributed by atoms with Crippen LogP contribution >= 0.6 is 11.3 Å². The van der Waals surface area contributed by atoms with E-state index < -0.39 is 0 Å². The van der Waals surface area contributed by atoms with E-state index in [0.29, 0.717) is 19.6 Å². The quantitative estimate of drug-likeness (QED) is 0.531. The summed E-state index contributed by atoms with van der Waals surface area (Å²) in [5.41, 5.74) is 2.48. The predicted molar refractivity (Wildman–Crippen MR) is 114 cm³/mol. The number of hydrogen-bond donors (Lipinski definition) is 1. The number of amides is 1. The summed E-state index contributed by atoms with van der Waals surface area (Å²) in [5.74, 6) is 1.02. The number of hydrogen-bond acceptors (Lipinski definition) is 4. The highest BCUT2D eigenvalue weighted by atomic mass is 32.1. The van der Waals surface area contributed by atoms with Crippen LogP contribution in [0, 0.1) is 6.92 Å². The van der Waals surface area contributed by atoms with Crippen LogP contribution < -0.4 is 10.1 Å². The van der Waals surface area contributed by atoms with Gasteiger partial charge in [-0.15, -0.1) is 0 Å². The molecule has 0 saturated carbocycles. The van der Waals surface area contributed by atoms with Crippen molar-refractivity contribution in [1.82, 2.24) is 10.2 Å². The fraction of sp³-hybridized carbons (Fsp3) is 0.500. The van der Waals surface area contributed by atoms with Gasteiger partial charge in [0.05, 0.1) is 12.6 Å². The lowest BCUT2D eigenvalue weighted by Gasteiger charge is -2.29. The first-order valence-corrected chi connectivity index (χ1v) is 10.8. The largest absolute Gasteiger partial charge is 0.494 e. The van der Waals surface area contributed by atoms with Gasteiger partial charge in [-0.3, -0.25) is 9.69 Å². The third kappa shape index (κ3) is 7.35. The van der Waals surface area contributed by atoms with Crippen molar-refractivity contribution in [3.05, 3.63) is 52.2 Å². The zero-order valence-electron chi connectivity index (χ0n) is 16.7. The molecule has 1 atom stereocenters. The average molecular weight is 389 g/mol. The van der Waals surface area contributed by atoms with Gasteiger partial charge >= 0.3 is 0 Å². The van der Waals surface area contributed by atoms with Gasteiger partial charge in [0.25, 0.3) is 0 Å². The number of thiophene rings is 1. The maximum absolute atomic E-state index is 12.2. The third-order valence-corrected chi connectivity index (χ3v) is 5.43. The van der Waals surface area contributed by atoms with Crippen molar-refractivity contribution in [1.29, 1.82) is 0 Å². The SMILES string of the molecule is CCN(CC)C(CNC(=O)CCCCOc1cccc(C)c1)c1ccsc1. The number of nitrogens with one attached hydrogen (secondary N) is 1. The lowest BCUT2D eigenvalue weighted by molar-refractivity contribution is -0.121. The first kappa shape index (κ1) is 21.5. The summed E-state index contributed by atoms with van der Waals surface area (Å²) in [5, 5.41) is 7.40. The Kier molecular flexibility index (Phi) is 9.36.